The van der Waals surface area contributed by atoms with Crippen LogP contribution in [-0.2, 0) is 6.18 Å². The molecule has 4 nitrogen and oxygen atoms in total. The van der Waals surface area contributed by atoms with Crippen LogP contribution in [0, 0.1) is 0 Å². The monoisotopic (exact) mass is 220 g/mol. The van der Waals surface area contributed by atoms with E-state index < -0.39 is 23.1 Å². The number of nitrogens with one attached hydrogen (secondary N) is 1. The average molecular weight is 220 g/mol. The van der Waals surface area contributed by atoms with Crippen molar-refractivity contribution in [3.05, 3.63) is 32.6 Å². The molecule has 1 aromatic rings. The van der Waals surface area contributed by atoms with Crippen LogP contribution in [0.1, 0.15) is 24.6 Å². The van der Waals surface area contributed by atoms with Gasteiger partial charge in [-0.15, -0.1) is 0 Å². The van der Waals surface area contributed by atoms with Crippen LogP contribution >= 0.6 is 0 Å². The lowest BCUT2D eigenvalue weighted by Gasteiger charge is -2.07. The normalized spacial score (nSPS) is 16.7. The van der Waals surface area contributed by atoms with Gasteiger partial charge in [0.2, 0.25) is 0 Å². The molecule has 1 fully saturated rings. The summed E-state index contributed by atoms with van der Waals surface area (Å²) in [6.45, 7) is 0. The van der Waals surface area contributed by atoms with Gasteiger partial charge in [-0.05, 0) is 12.8 Å². The Hall–Kier alpha value is -1.53. The van der Waals surface area contributed by atoms with Gasteiger partial charge in [0, 0.05) is 12.1 Å². The van der Waals surface area contributed by atoms with Gasteiger partial charge in [-0.1, -0.05) is 0 Å². The fourth-order valence-corrected chi connectivity index (χ4v) is 1.34. The minimum atomic E-state index is -4.69. The lowest BCUT2D eigenvalue weighted by Crippen LogP contribution is -2.36. The first kappa shape index (κ1) is 10.0. The zero-order chi connectivity index (χ0) is 11.2. The van der Waals surface area contributed by atoms with Gasteiger partial charge in [0.05, 0.1) is 0 Å². The van der Waals surface area contributed by atoms with Crippen LogP contribution in [0.15, 0.2) is 15.7 Å². The molecular weight excluding hydrogens is 213 g/mol. The molecular formula is C8H7F3N2O2. The summed E-state index contributed by atoms with van der Waals surface area (Å²) < 4.78 is 37.4. The highest BCUT2D eigenvalue weighted by Gasteiger charge is 2.34. The molecule has 0 aromatic carbocycles. The minimum absolute atomic E-state index is 0.233. The molecule has 1 N–H and O–H groups in total. The molecule has 0 amide bonds. The van der Waals surface area contributed by atoms with E-state index in [2.05, 4.69) is 0 Å². The van der Waals surface area contributed by atoms with Crippen molar-refractivity contribution in [2.75, 3.05) is 0 Å². The zero-order valence-electron chi connectivity index (χ0n) is 7.47. The van der Waals surface area contributed by atoms with E-state index >= 15 is 0 Å². The lowest BCUT2D eigenvalue weighted by molar-refractivity contribution is -0.141. The van der Waals surface area contributed by atoms with Crippen molar-refractivity contribution < 1.29 is 13.2 Å². The molecule has 1 saturated carbocycles. The fraction of sp³-hybridized carbons (Fsp3) is 0.500. The molecule has 15 heavy (non-hydrogen) atoms. The van der Waals surface area contributed by atoms with Gasteiger partial charge in [0.25, 0.3) is 5.56 Å². The van der Waals surface area contributed by atoms with Crippen molar-refractivity contribution in [2.45, 2.75) is 25.1 Å². The molecule has 1 aliphatic carbocycles. The average Bonchev–Trinajstić information content (AvgIpc) is 2.84. The Morgan fingerprint density at radius 3 is 2.33 bits per heavy atom. The van der Waals surface area contributed by atoms with Crippen LogP contribution in [0.5, 0.6) is 0 Å². The molecule has 0 unspecified atom stereocenters. The molecule has 2 rings (SSSR count). The molecule has 0 atom stereocenters. The summed E-state index contributed by atoms with van der Waals surface area (Å²) >= 11 is 0. The van der Waals surface area contributed by atoms with E-state index in [0.717, 1.165) is 4.57 Å². The van der Waals surface area contributed by atoms with Crippen LogP contribution in [0.25, 0.3) is 0 Å². The van der Waals surface area contributed by atoms with Gasteiger partial charge in [0.1, 0.15) is 5.69 Å². The third-order valence-corrected chi connectivity index (χ3v) is 2.18. The second-order valence-electron chi connectivity index (χ2n) is 3.43. The van der Waals surface area contributed by atoms with Gasteiger partial charge in [-0.25, -0.2) is 4.79 Å². The molecule has 1 aromatic heterocycles. The SMILES string of the molecule is O=c1cc(C(F)(F)F)[nH]c(=O)n1C1CC1. The minimum Gasteiger partial charge on any atom is -0.303 e. The lowest BCUT2D eigenvalue weighted by atomic mass is 10.4. The number of aromatic amines is 1. The zero-order valence-corrected chi connectivity index (χ0v) is 7.47. The third kappa shape index (κ3) is 1.81. The molecule has 0 spiro atoms. The van der Waals surface area contributed by atoms with Crippen molar-refractivity contribution in [3.63, 3.8) is 0 Å². The fourth-order valence-electron chi connectivity index (χ4n) is 1.34. The quantitative estimate of drug-likeness (QED) is 0.764. The summed E-state index contributed by atoms with van der Waals surface area (Å²) in [7, 11) is 0. The van der Waals surface area contributed by atoms with Crippen molar-refractivity contribution >= 4 is 0 Å². The summed E-state index contributed by atoms with van der Waals surface area (Å²) in [5.41, 5.74) is -3.18. The summed E-state index contributed by atoms with van der Waals surface area (Å²) in [6, 6.07) is 0.184. The molecule has 0 saturated heterocycles. The highest BCUT2D eigenvalue weighted by Crippen LogP contribution is 2.32. The summed E-state index contributed by atoms with van der Waals surface area (Å²) in [5, 5.41) is 0. The highest BCUT2D eigenvalue weighted by atomic mass is 19.4. The summed E-state index contributed by atoms with van der Waals surface area (Å²) in [4.78, 5) is 24.1. The van der Waals surface area contributed by atoms with E-state index in [1.807, 2.05) is 0 Å². The largest absolute Gasteiger partial charge is 0.431 e. The van der Waals surface area contributed by atoms with Crippen molar-refractivity contribution in [1.29, 1.82) is 0 Å². The number of hydrogen-bond donors (Lipinski definition) is 1. The van der Waals surface area contributed by atoms with Gasteiger partial charge in [-0.2, -0.15) is 13.2 Å². The van der Waals surface area contributed by atoms with E-state index in [1.165, 1.54) is 0 Å². The van der Waals surface area contributed by atoms with Crippen molar-refractivity contribution in [3.8, 4) is 0 Å². The van der Waals surface area contributed by atoms with E-state index in [-0.39, 0.29) is 6.04 Å². The maximum Gasteiger partial charge on any atom is 0.431 e. The van der Waals surface area contributed by atoms with Crippen LogP contribution in [-0.4, -0.2) is 9.55 Å². The molecule has 82 valence electrons. The first-order valence-corrected chi connectivity index (χ1v) is 4.32. The maximum absolute atomic E-state index is 12.2. The molecule has 1 heterocycles. The molecule has 0 radical (unpaired) electrons. The summed E-state index contributed by atoms with van der Waals surface area (Å²) in [5.74, 6) is 0. The number of hydrogen-bond acceptors (Lipinski definition) is 2. The van der Waals surface area contributed by atoms with Gasteiger partial charge in [0.15, 0.2) is 0 Å². The second-order valence-corrected chi connectivity index (χ2v) is 3.43. The van der Waals surface area contributed by atoms with Gasteiger partial charge < -0.3 is 4.98 Å². The molecule has 0 aliphatic heterocycles. The Labute approximate surface area is 81.4 Å². The first-order chi connectivity index (χ1) is 6.89. The number of alkyl halides is 3. The van der Waals surface area contributed by atoms with E-state index in [1.54, 1.807) is 4.98 Å². The van der Waals surface area contributed by atoms with Crippen LogP contribution < -0.4 is 11.2 Å². The van der Waals surface area contributed by atoms with Gasteiger partial charge >= 0.3 is 11.9 Å². The Morgan fingerprint density at radius 1 is 1.33 bits per heavy atom. The topological polar surface area (TPSA) is 54.9 Å². The highest BCUT2D eigenvalue weighted by molar-refractivity contribution is 5.05. The Balaban J connectivity index is 2.58. The van der Waals surface area contributed by atoms with Crippen molar-refractivity contribution in [2.24, 2.45) is 0 Å². The number of aromatic nitrogens is 2. The standard InChI is InChI=1S/C8H7F3N2O2/c9-8(10,11)5-3-6(14)13(4-1-2-4)7(15)12-5/h3-4H,1-2H2,(H,12,15). The Morgan fingerprint density at radius 2 is 1.93 bits per heavy atom. The third-order valence-electron chi connectivity index (χ3n) is 2.18. The summed E-state index contributed by atoms with van der Waals surface area (Å²) in [6.07, 6.45) is -3.37. The van der Waals surface area contributed by atoms with Crippen LogP contribution in [0.2, 0.25) is 0 Å². The smallest absolute Gasteiger partial charge is 0.303 e. The predicted octanol–water partition coefficient (Wildman–Crippen LogP) is 0.890. The van der Waals surface area contributed by atoms with Gasteiger partial charge in [-0.3, -0.25) is 9.36 Å². The van der Waals surface area contributed by atoms with Crippen LogP contribution in [0.3, 0.4) is 0 Å². The molecule has 7 heteroatoms. The van der Waals surface area contributed by atoms with Crippen molar-refractivity contribution in [1.82, 2.24) is 9.55 Å². The van der Waals surface area contributed by atoms with E-state index in [9.17, 15) is 22.8 Å². The Kier molecular flexibility index (Phi) is 1.99. The number of halogens is 3. The van der Waals surface area contributed by atoms with E-state index in [4.69, 9.17) is 0 Å². The molecule has 1 aliphatic rings. The first-order valence-electron chi connectivity index (χ1n) is 4.32. The van der Waals surface area contributed by atoms with E-state index in [0.29, 0.717) is 18.9 Å². The number of nitrogens with zero attached hydrogens (tertiary/aromatic N) is 1. The second kappa shape index (κ2) is 2.98. The predicted molar refractivity (Wildman–Crippen MR) is 44.6 cm³/mol. The maximum atomic E-state index is 12.2. The Bertz CT molecular complexity index is 465. The number of rotatable bonds is 1. The molecule has 0 bridgehead atoms. The number of H-pyrrole nitrogens is 1. The van der Waals surface area contributed by atoms with Crippen LogP contribution in [0.4, 0.5) is 13.2 Å².